The number of phosphoric acid groups is 1. The summed E-state index contributed by atoms with van der Waals surface area (Å²) in [5, 5.41) is 0. The maximum absolute atomic E-state index is 12.7. The molecule has 0 aliphatic heterocycles. The summed E-state index contributed by atoms with van der Waals surface area (Å²) < 4.78 is 33.6. The fraction of sp³-hybridized carbons (Fsp3) is 0.788. The van der Waals surface area contributed by atoms with Gasteiger partial charge in [-0.2, -0.15) is 0 Å². The average molecular weight is 878 g/mol. The summed E-state index contributed by atoms with van der Waals surface area (Å²) in [5.41, 5.74) is 5.39. The van der Waals surface area contributed by atoms with Crippen molar-refractivity contribution in [3.63, 3.8) is 0 Å². The number of phosphoric ester groups is 1. The number of hydrogen-bond acceptors (Lipinski definition) is 7. The van der Waals surface area contributed by atoms with Gasteiger partial charge in [-0.15, -0.1) is 0 Å². The second-order valence-electron chi connectivity index (χ2n) is 16.7. The van der Waals surface area contributed by atoms with Crippen LogP contribution >= 0.6 is 7.82 Å². The summed E-state index contributed by atoms with van der Waals surface area (Å²) in [4.78, 5) is 22.6. The SMILES string of the molecule is CC/C=C\C/C=C\C/C=C\C/C=C\C/C=C\CCCCCCCCOCC(COP(=O)(O)OCCN)OC(=O)CCCCCCCCCCCCCCCCCCCCCC. The Hall–Kier alpha value is -1.80. The predicted octanol–water partition coefficient (Wildman–Crippen LogP) is 15.7. The van der Waals surface area contributed by atoms with E-state index in [9.17, 15) is 14.3 Å². The Balaban J connectivity index is 3.98. The van der Waals surface area contributed by atoms with Gasteiger partial charge >= 0.3 is 13.8 Å². The highest BCUT2D eigenvalue weighted by Gasteiger charge is 2.25. The monoisotopic (exact) mass is 878 g/mol. The van der Waals surface area contributed by atoms with Crippen molar-refractivity contribution in [1.29, 1.82) is 0 Å². The second-order valence-corrected chi connectivity index (χ2v) is 18.1. The smallest absolute Gasteiger partial charge is 0.457 e. The molecule has 0 spiro atoms. The number of carbonyl (C=O) groups is 1. The molecule has 2 unspecified atom stereocenters. The molecule has 0 aliphatic rings. The Labute approximate surface area is 376 Å². The van der Waals surface area contributed by atoms with Crippen molar-refractivity contribution >= 4 is 13.8 Å². The summed E-state index contributed by atoms with van der Waals surface area (Å²) in [6, 6.07) is 0. The van der Waals surface area contributed by atoms with Gasteiger partial charge in [0.2, 0.25) is 0 Å². The van der Waals surface area contributed by atoms with Gasteiger partial charge in [0.1, 0.15) is 6.10 Å². The van der Waals surface area contributed by atoms with E-state index in [0.29, 0.717) is 13.0 Å². The van der Waals surface area contributed by atoms with Gasteiger partial charge in [0.25, 0.3) is 0 Å². The fourth-order valence-corrected chi connectivity index (χ4v) is 7.79. The Morgan fingerprint density at radius 2 is 0.918 bits per heavy atom. The van der Waals surface area contributed by atoms with E-state index in [-0.39, 0.29) is 32.3 Å². The highest BCUT2D eigenvalue weighted by molar-refractivity contribution is 7.47. The lowest BCUT2D eigenvalue weighted by Crippen LogP contribution is -2.28. The second kappa shape index (κ2) is 49.2. The number of hydrogen-bond donors (Lipinski definition) is 2. The number of nitrogens with two attached hydrogens (primary N) is 1. The minimum atomic E-state index is -4.29. The minimum absolute atomic E-state index is 0.0964. The van der Waals surface area contributed by atoms with Crippen molar-refractivity contribution in [1.82, 2.24) is 0 Å². The third-order valence-corrected chi connectivity index (χ3v) is 11.7. The first kappa shape index (κ1) is 59.2. The van der Waals surface area contributed by atoms with Gasteiger partial charge in [-0.3, -0.25) is 13.8 Å². The molecule has 356 valence electrons. The summed E-state index contributed by atoms with van der Waals surface area (Å²) >= 11 is 0. The van der Waals surface area contributed by atoms with Crippen LogP contribution in [0.4, 0.5) is 0 Å². The van der Waals surface area contributed by atoms with Crippen molar-refractivity contribution < 1.29 is 32.8 Å². The van der Waals surface area contributed by atoms with Gasteiger partial charge < -0.3 is 20.1 Å². The molecule has 0 fully saturated rings. The van der Waals surface area contributed by atoms with E-state index >= 15 is 0 Å². The molecule has 0 saturated heterocycles. The number of esters is 1. The van der Waals surface area contributed by atoms with Crippen LogP contribution < -0.4 is 5.73 Å². The van der Waals surface area contributed by atoms with Crippen molar-refractivity contribution in [2.45, 2.75) is 232 Å². The summed E-state index contributed by atoms with van der Waals surface area (Å²) in [6.45, 7) is 4.80. The molecule has 3 N–H and O–H groups in total. The van der Waals surface area contributed by atoms with Gasteiger partial charge in [-0.05, 0) is 57.8 Å². The highest BCUT2D eigenvalue weighted by Crippen LogP contribution is 2.43. The van der Waals surface area contributed by atoms with Crippen molar-refractivity contribution in [2.24, 2.45) is 5.73 Å². The van der Waals surface area contributed by atoms with Crippen LogP contribution in [0.25, 0.3) is 0 Å². The van der Waals surface area contributed by atoms with Crippen LogP contribution in [0.1, 0.15) is 226 Å². The van der Waals surface area contributed by atoms with Gasteiger partial charge in [-0.1, -0.05) is 222 Å². The van der Waals surface area contributed by atoms with E-state index in [0.717, 1.165) is 77.0 Å². The standard InChI is InChI=1S/C52H96NO7P/c1-3-5-7-9-11-13-15-17-19-21-23-25-26-28-30-32-34-36-38-40-42-44-47-57-49-51(50-59-61(55,56)58-48-46-53)60-52(54)45-43-41-39-37-35-33-31-29-27-24-22-20-18-16-14-12-10-8-6-4-2/h5,7,11,13,17,19,23,25,28,30,51H,3-4,6,8-10,12,14-16,18,20-22,24,26-27,29,31-50,53H2,1-2H3,(H,55,56)/b7-5-,13-11-,19-17-,25-23-,30-28-. The van der Waals surface area contributed by atoms with E-state index in [4.69, 9.17) is 24.3 Å². The van der Waals surface area contributed by atoms with Crippen LogP contribution in [0.3, 0.4) is 0 Å². The first-order valence-corrected chi connectivity index (χ1v) is 26.8. The fourth-order valence-electron chi connectivity index (χ4n) is 7.02. The highest BCUT2D eigenvalue weighted by atomic mass is 31.2. The molecule has 0 aromatic rings. The predicted molar refractivity (Wildman–Crippen MR) is 261 cm³/mol. The van der Waals surface area contributed by atoms with E-state index < -0.39 is 13.9 Å². The Morgan fingerprint density at radius 1 is 0.508 bits per heavy atom. The third-order valence-electron chi connectivity index (χ3n) is 10.7. The molecule has 0 radical (unpaired) electrons. The molecular weight excluding hydrogens is 782 g/mol. The Bertz CT molecular complexity index is 1120. The van der Waals surface area contributed by atoms with Crippen LogP contribution in [0.5, 0.6) is 0 Å². The molecule has 61 heavy (non-hydrogen) atoms. The summed E-state index contributed by atoms with van der Waals surface area (Å²) in [7, 11) is -4.29. The maximum atomic E-state index is 12.7. The van der Waals surface area contributed by atoms with E-state index in [1.807, 2.05) is 0 Å². The molecule has 0 rings (SSSR count). The van der Waals surface area contributed by atoms with Gasteiger partial charge in [0.15, 0.2) is 0 Å². The normalized spacial score (nSPS) is 13.8. The number of allylic oxidation sites excluding steroid dienone is 10. The zero-order chi connectivity index (χ0) is 44.4. The average Bonchev–Trinajstić information content (AvgIpc) is 3.25. The maximum Gasteiger partial charge on any atom is 0.472 e. The zero-order valence-electron chi connectivity index (χ0n) is 39.6. The van der Waals surface area contributed by atoms with Gasteiger partial charge in [0, 0.05) is 19.6 Å². The molecule has 0 heterocycles. The molecular formula is C52H96NO7P. The van der Waals surface area contributed by atoms with Crippen LogP contribution in [0.15, 0.2) is 60.8 Å². The van der Waals surface area contributed by atoms with Crippen molar-refractivity contribution in [2.75, 3.05) is 33.0 Å². The summed E-state index contributed by atoms with van der Waals surface area (Å²) in [6.07, 6.45) is 61.1. The zero-order valence-corrected chi connectivity index (χ0v) is 40.5. The van der Waals surface area contributed by atoms with Gasteiger partial charge in [-0.25, -0.2) is 4.57 Å². The van der Waals surface area contributed by atoms with Crippen LogP contribution in [0.2, 0.25) is 0 Å². The number of ether oxygens (including phenoxy) is 2. The van der Waals surface area contributed by atoms with Crippen LogP contribution in [-0.2, 0) is 27.9 Å². The van der Waals surface area contributed by atoms with Crippen molar-refractivity contribution in [3.05, 3.63) is 60.8 Å². The van der Waals surface area contributed by atoms with Crippen LogP contribution in [0, 0.1) is 0 Å². The molecule has 0 aromatic carbocycles. The lowest BCUT2D eigenvalue weighted by Gasteiger charge is -2.20. The van der Waals surface area contributed by atoms with Crippen molar-refractivity contribution in [3.8, 4) is 0 Å². The number of carbonyl (C=O) groups excluding carboxylic acids is 1. The molecule has 0 amide bonds. The summed E-state index contributed by atoms with van der Waals surface area (Å²) in [5.74, 6) is -0.333. The lowest BCUT2D eigenvalue weighted by atomic mass is 10.0. The van der Waals surface area contributed by atoms with E-state index in [1.54, 1.807) is 0 Å². The first-order valence-electron chi connectivity index (χ1n) is 25.3. The van der Waals surface area contributed by atoms with Crippen LogP contribution in [-0.4, -0.2) is 49.9 Å². The number of unbranched alkanes of at least 4 members (excludes halogenated alkanes) is 25. The molecule has 0 bridgehead atoms. The minimum Gasteiger partial charge on any atom is -0.457 e. The molecule has 2 atom stereocenters. The number of rotatable bonds is 48. The molecule has 8 nitrogen and oxygen atoms in total. The molecule has 0 aromatic heterocycles. The molecule has 9 heteroatoms. The Morgan fingerprint density at radius 3 is 1.38 bits per heavy atom. The topological polar surface area (TPSA) is 117 Å². The lowest BCUT2D eigenvalue weighted by molar-refractivity contribution is -0.154. The van der Waals surface area contributed by atoms with Gasteiger partial charge in [0.05, 0.1) is 19.8 Å². The first-order chi connectivity index (χ1) is 29.9. The largest absolute Gasteiger partial charge is 0.472 e. The Kier molecular flexibility index (Phi) is 47.8. The third kappa shape index (κ3) is 49.1. The quantitative estimate of drug-likeness (QED) is 0.0269. The van der Waals surface area contributed by atoms with E-state index in [2.05, 4.69) is 74.6 Å². The molecule has 0 saturated carbocycles. The van der Waals surface area contributed by atoms with E-state index in [1.165, 1.54) is 128 Å². The molecule has 0 aliphatic carbocycles.